The summed E-state index contributed by atoms with van der Waals surface area (Å²) in [5.41, 5.74) is 9.47. The molecular formula is C23H28Si. The third kappa shape index (κ3) is 3.32. The molecule has 0 bridgehead atoms. The van der Waals surface area contributed by atoms with Gasteiger partial charge in [-0.15, -0.1) is 12.3 Å². The minimum absolute atomic E-state index is 0.206. The van der Waals surface area contributed by atoms with Crippen LogP contribution in [-0.4, -0.2) is 8.07 Å². The lowest BCUT2D eigenvalue weighted by molar-refractivity contribution is 0.527. The van der Waals surface area contributed by atoms with Crippen LogP contribution >= 0.6 is 0 Å². The van der Waals surface area contributed by atoms with Crippen LogP contribution in [0.25, 0.3) is 5.57 Å². The van der Waals surface area contributed by atoms with Crippen molar-refractivity contribution in [3.05, 3.63) is 89.1 Å². The third-order valence-corrected chi connectivity index (χ3v) is 7.64. The second kappa shape index (κ2) is 6.21. The normalized spacial score (nSPS) is 16.2. The summed E-state index contributed by atoms with van der Waals surface area (Å²) in [6.45, 7) is 13.5. The predicted molar refractivity (Wildman–Crippen MR) is 109 cm³/mol. The number of hydrogen-bond acceptors (Lipinski definition) is 0. The molecule has 1 heteroatoms. The summed E-state index contributed by atoms with van der Waals surface area (Å²) in [6.07, 6.45) is 3.52. The van der Waals surface area contributed by atoms with Crippen LogP contribution in [0.3, 0.4) is 0 Å². The molecule has 0 aliphatic heterocycles. The van der Waals surface area contributed by atoms with Crippen LogP contribution in [0.4, 0.5) is 0 Å². The lowest BCUT2D eigenvalue weighted by Crippen LogP contribution is -2.27. The molecule has 3 rings (SSSR count). The summed E-state index contributed by atoms with van der Waals surface area (Å²) in [6, 6.07) is 19.1. The van der Waals surface area contributed by atoms with Crippen molar-refractivity contribution in [3.63, 3.8) is 0 Å². The van der Waals surface area contributed by atoms with Crippen LogP contribution in [0, 0.1) is 0 Å². The van der Waals surface area contributed by atoms with Crippen molar-refractivity contribution in [1.82, 2.24) is 0 Å². The molecule has 2 aromatic carbocycles. The molecule has 0 aromatic heterocycles. The van der Waals surface area contributed by atoms with Gasteiger partial charge >= 0.3 is 0 Å². The second-order valence-electron chi connectivity index (χ2n) is 8.32. The van der Waals surface area contributed by atoms with E-state index in [-0.39, 0.29) is 5.41 Å². The van der Waals surface area contributed by atoms with Gasteiger partial charge in [-0.25, -0.2) is 0 Å². The van der Waals surface area contributed by atoms with E-state index in [0.717, 1.165) is 12.5 Å². The lowest BCUT2D eigenvalue weighted by Gasteiger charge is -2.33. The molecule has 0 N–H and O–H groups in total. The number of rotatable bonds is 4. The Labute approximate surface area is 147 Å². The molecule has 0 spiro atoms. The van der Waals surface area contributed by atoms with Gasteiger partial charge in [-0.3, -0.25) is 0 Å². The average Bonchev–Trinajstić information content (AvgIpc) is 2.55. The summed E-state index contributed by atoms with van der Waals surface area (Å²) >= 11 is 0. The molecule has 0 amide bonds. The van der Waals surface area contributed by atoms with E-state index in [4.69, 9.17) is 0 Å². The van der Waals surface area contributed by atoms with Crippen LogP contribution in [0.2, 0.25) is 13.1 Å². The molecule has 1 aliphatic carbocycles. The molecule has 0 saturated carbocycles. The highest BCUT2D eigenvalue weighted by atomic mass is 28.3. The SMILES string of the molecule is C=C[Si](C)(C)Cc1ccc2c(c1)C(c1ccccc1)=CCC2(C)C. The van der Waals surface area contributed by atoms with Crippen LogP contribution in [0.1, 0.15) is 42.5 Å². The Morgan fingerprint density at radius 1 is 1.08 bits per heavy atom. The zero-order chi connectivity index (χ0) is 17.4. The van der Waals surface area contributed by atoms with Gasteiger partial charge in [-0.2, -0.15) is 0 Å². The topological polar surface area (TPSA) is 0 Å². The second-order valence-corrected chi connectivity index (χ2v) is 13.1. The van der Waals surface area contributed by atoms with Crippen molar-refractivity contribution in [2.24, 2.45) is 0 Å². The standard InChI is InChI=1S/C23H28Si/c1-6-24(4,5)17-18-12-13-22-21(16-18)20(14-15-23(22,2)3)19-10-8-7-9-11-19/h6-14,16H,1,15,17H2,2-5H3. The van der Waals surface area contributed by atoms with E-state index in [0.29, 0.717) is 0 Å². The molecule has 24 heavy (non-hydrogen) atoms. The molecule has 0 unspecified atom stereocenters. The minimum atomic E-state index is -1.36. The fourth-order valence-electron chi connectivity index (χ4n) is 3.58. The minimum Gasteiger partial charge on any atom is -0.107 e. The van der Waals surface area contributed by atoms with Crippen LogP contribution < -0.4 is 0 Å². The molecule has 124 valence electrons. The first-order chi connectivity index (χ1) is 11.3. The molecule has 0 radical (unpaired) electrons. The van der Waals surface area contributed by atoms with E-state index < -0.39 is 8.07 Å². The van der Waals surface area contributed by atoms with E-state index in [1.165, 1.54) is 27.8 Å². The average molecular weight is 333 g/mol. The number of hydrogen-bond donors (Lipinski definition) is 0. The Morgan fingerprint density at radius 3 is 2.46 bits per heavy atom. The smallest absolute Gasteiger partial charge is 0.0752 e. The summed E-state index contributed by atoms with van der Waals surface area (Å²) in [4.78, 5) is 0. The van der Waals surface area contributed by atoms with Gasteiger partial charge in [0.2, 0.25) is 0 Å². The zero-order valence-corrected chi connectivity index (χ0v) is 16.4. The highest BCUT2D eigenvalue weighted by Crippen LogP contribution is 2.41. The van der Waals surface area contributed by atoms with Gasteiger partial charge < -0.3 is 0 Å². The largest absolute Gasteiger partial charge is 0.107 e. The summed E-state index contributed by atoms with van der Waals surface area (Å²) in [5.74, 6) is 0. The molecular weight excluding hydrogens is 304 g/mol. The number of allylic oxidation sites excluding steroid dienone is 1. The van der Waals surface area contributed by atoms with Crippen molar-refractivity contribution in [2.45, 2.75) is 44.8 Å². The first kappa shape index (κ1) is 17.0. The van der Waals surface area contributed by atoms with Crippen LogP contribution in [0.5, 0.6) is 0 Å². The molecule has 0 nitrogen and oxygen atoms in total. The first-order valence-electron chi connectivity index (χ1n) is 8.85. The van der Waals surface area contributed by atoms with E-state index in [1.54, 1.807) is 0 Å². The maximum absolute atomic E-state index is 4.05. The van der Waals surface area contributed by atoms with Gasteiger partial charge in [0.15, 0.2) is 0 Å². The fourth-order valence-corrected chi connectivity index (χ4v) is 5.00. The Morgan fingerprint density at radius 2 is 1.79 bits per heavy atom. The highest BCUT2D eigenvalue weighted by Gasteiger charge is 2.29. The Kier molecular flexibility index (Phi) is 4.40. The third-order valence-electron chi connectivity index (χ3n) is 5.22. The van der Waals surface area contributed by atoms with E-state index >= 15 is 0 Å². The van der Waals surface area contributed by atoms with Crippen molar-refractivity contribution in [2.75, 3.05) is 0 Å². The van der Waals surface area contributed by atoms with E-state index in [9.17, 15) is 0 Å². The fraction of sp³-hybridized carbons (Fsp3) is 0.304. The van der Waals surface area contributed by atoms with Gasteiger partial charge in [0.1, 0.15) is 0 Å². The van der Waals surface area contributed by atoms with Crippen LogP contribution in [0.15, 0.2) is 66.9 Å². The monoisotopic (exact) mass is 332 g/mol. The highest BCUT2D eigenvalue weighted by molar-refractivity contribution is 6.81. The Hall–Kier alpha value is -1.86. The molecule has 0 atom stereocenters. The van der Waals surface area contributed by atoms with Gasteiger partial charge in [0.05, 0.1) is 8.07 Å². The Balaban J connectivity index is 2.10. The lowest BCUT2D eigenvalue weighted by atomic mass is 9.72. The molecule has 1 aliphatic rings. The summed E-state index contributed by atoms with van der Waals surface area (Å²) < 4.78 is 0. The number of fused-ring (bicyclic) bond motifs is 1. The first-order valence-corrected chi connectivity index (χ1v) is 12.1. The van der Waals surface area contributed by atoms with Gasteiger partial charge in [0.25, 0.3) is 0 Å². The molecule has 0 heterocycles. The van der Waals surface area contributed by atoms with Crippen molar-refractivity contribution >= 4 is 13.6 Å². The van der Waals surface area contributed by atoms with Crippen molar-refractivity contribution < 1.29 is 0 Å². The molecule has 2 aromatic rings. The molecule has 0 fully saturated rings. The van der Waals surface area contributed by atoms with Gasteiger partial charge in [-0.05, 0) is 45.7 Å². The maximum atomic E-state index is 4.05. The van der Waals surface area contributed by atoms with Crippen molar-refractivity contribution in [1.29, 1.82) is 0 Å². The van der Waals surface area contributed by atoms with E-state index in [1.807, 2.05) is 0 Å². The molecule has 0 saturated heterocycles. The van der Waals surface area contributed by atoms with E-state index in [2.05, 4.69) is 93.8 Å². The van der Waals surface area contributed by atoms with Gasteiger partial charge in [-0.1, -0.05) is 81.5 Å². The number of benzene rings is 2. The summed E-state index contributed by atoms with van der Waals surface area (Å²) in [7, 11) is -1.36. The predicted octanol–water partition coefficient (Wildman–Crippen LogP) is 6.31. The maximum Gasteiger partial charge on any atom is 0.0752 e. The van der Waals surface area contributed by atoms with Crippen LogP contribution in [-0.2, 0) is 11.5 Å². The quantitative estimate of drug-likeness (QED) is 0.575. The Bertz CT molecular complexity index is 779. The van der Waals surface area contributed by atoms with Gasteiger partial charge in [0, 0.05) is 0 Å². The summed E-state index contributed by atoms with van der Waals surface area (Å²) in [5, 5.41) is 0. The zero-order valence-electron chi connectivity index (χ0n) is 15.4. The van der Waals surface area contributed by atoms with Crippen molar-refractivity contribution in [3.8, 4) is 0 Å².